The predicted molar refractivity (Wildman–Crippen MR) is 137 cm³/mol. The Labute approximate surface area is 208 Å². The number of hydrogen-bond acceptors (Lipinski definition) is 6. The number of Topliss-reactive ketones (excluding diaryl/α,β-unsaturated/α-hetero) is 1. The fourth-order valence-electron chi connectivity index (χ4n) is 5.45. The summed E-state index contributed by atoms with van der Waals surface area (Å²) < 4.78 is 7.55. The van der Waals surface area contributed by atoms with Crippen LogP contribution in [-0.2, 0) is 17.8 Å². The quantitative estimate of drug-likeness (QED) is 0.357. The number of allylic oxidation sites excluding steroid dienone is 2. The van der Waals surface area contributed by atoms with Crippen LogP contribution in [0.3, 0.4) is 0 Å². The van der Waals surface area contributed by atoms with Crippen molar-refractivity contribution in [3.63, 3.8) is 0 Å². The second kappa shape index (κ2) is 8.34. The van der Waals surface area contributed by atoms with E-state index >= 15 is 0 Å². The highest BCUT2D eigenvalue weighted by Gasteiger charge is 2.42. The third-order valence-electron chi connectivity index (χ3n) is 6.94. The number of carbonyl (C=O) groups excluding carboxylic acids is 1. The van der Waals surface area contributed by atoms with Gasteiger partial charge < -0.3 is 9.73 Å². The lowest BCUT2D eigenvalue weighted by Gasteiger charge is -2.38. The molecule has 1 aliphatic carbocycles. The maximum atomic E-state index is 13.4. The Balaban J connectivity index is 1.36. The summed E-state index contributed by atoms with van der Waals surface area (Å²) >= 11 is 1.64. The molecule has 178 valence electrons. The van der Waals surface area contributed by atoms with Crippen LogP contribution in [0.15, 0.2) is 69.8 Å². The van der Waals surface area contributed by atoms with Crippen LogP contribution in [0.5, 0.6) is 0 Å². The van der Waals surface area contributed by atoms with Crippen molar-refractivity contribution in [2.45, 2.75) is 52.5 Å². The molecule has 1 atom stereocenters. The van der Waals surface area contributed by atoms with E-state index in [0.717, 1.165) is 63.2 Å². The van der Waals surface area contributed by atoms with Gasteiger partial charge in [-0.05, 0) is 36.5 Å². The van der Waals surface area contributed by atoms with E-state index in [0.29, 0.717) is 13.0 Å². The third kappa shape index (κ3) is 3.93. The first-order valence-corrected chi connectivity index (χ1v) is 12.9. The first kappa shape index (κ1) is 22.0. The number of ketones is 1. The first-order valence-electron chi connectivity index (χ1n) is 12.0. The minimum Gasteiger partial charge on any atom is -0.463 e. The SMILES string of the molecule is Cc1nn(CCc2nc(-c3ccco3)cs2)c2c1[C@@H](c1ccccc1)C1=C(CC(C)(C)CC1=O)N2. The number of furan rings is 1. The maximum Gasteiger partial charge on any atom is 0.162 e. The molecule has 0 amide bonds. The van der Waals surface area contributed by atoms with Crippen LogP contribution in [-0.4, -0.2) is 20.5 Å². The molecule has 6 nitrogen and oxygen atoms in total. The Morgan fingerprint density at radius 2 is 2.00 bits per heavy atom. The summed E-state index contributed by atoms with van der Waals surface area (Å²) in [7, 11) is 0. The molecular weight excluding hydrogens is 456 g/mol. The van der Waals surface area contributed by atoms with Crippen molar-refractivity contribution in [2.75, 3.05) is 5.32 Å². The lowest BCUT2D eigenvalue weighted by molar-refractivity contribution is -0.118. The highest BCUT2D eigenvalue weighted by atomic mass is 32.1. The topological polar surface area (TPSA) is 73.0 Å². The van der Waals surface area contributed by atoms with Gasteiger partial charge in [-0.15, -0.1) is 11.3 Å². The normalized spacial score (nSPS) is 18.8. The average molecular weight is 485 g/mol. The largest absolute Gasteiger partial charge is 0.463 e. The van der Waals surface area contributed by atoms with Crippen LogP contribution in [0, 0.1) is 12.3 Å². The van der Waals surface area contributed by atoms with Gasteiger partial charge in [0, 0.05) is 47.5 Å². The molecule has 0 spiro atoms. The summed E-state index contributed by atoms with van der Waals surface area (Å²) in [4.78, 5) is 18.2. The summed E-state index contributed by atoms with van der Waals surface area (Å²) in [6, 6.07) is 14.2. The van der Waals surface area contributed by atoms with Crippen molar-refractivity contribution in [1.82, 2.24) is 14.8 Å². The molecule has 35 heavy (non-hydrogen) atoms. The maximum absolute atomic E-state index is 13.4. The fourth-order valence-corrected chi connectivity index (χ4v) is 6.22. The molecule has 6 rings (SSSR count). The molecule has 1 aliphatic heterocycles. The number of thiazole rings is 1. The number of anilines is 1. The van der Waals surface area contributed by atoms with E-state index in [1.54, 1.807) is 17.6 Å². The van der Waals surface area contributed by atoms with E-state index in [9.17, 15) is 4.79 Å². The highest BCUT2D eigenvalue weighted by molar-refractivity contribution is 7.09. The van der Waals surface area contributed by atoms with E-state index < -0.39 is 0 Å². The molecular formula is C28H28N4O2S. The van der Waals surface area contributed by atoms with Gasteiger partial charge >= 0.3 is 0 Å². The van der Waals surface area contributed by atoms with Crippen LogP contribution >= 0.6 is 11.3 Å². The van der Waals surface area contributed by atoms with Gasteiger partial charge in [-0.1, -0.05) is 44.2 Å². The van der Waals surface area contributed by atoms with E-state index in [1.807, 2.05) is 42.6 Å². The highest BCUT2D eigenvalue weighted by Crippen LogP contribution is 2.49. The Kier molecular flexibility index (Phi) is 5.25. The molecule has 7 heteroatoms. The Morgan fingerprint density at radius 1 is 1.17 bits per heavy atom. The predicted octanol–water partition coefficient (Wildman–Crippen LogP) is 6.35. The minimum absolute atomic E-state index is 0.0648. The number of benzene rings is 1. The summed E-state index contributed by atoms with van der Waals surface area (Å²) in [6.07, 6.45) is 3.86. The molecule has 3 aromatic heterocycles. The average Bonchev–Trinajstić information content (AvgIpc) is 3.57. The summed E-state index contributed by atoms with van der Waals surface area (Å²) in [6.45, 7) is 7.10. The van der Waals surface area contributed by atoms with Gasteiger partial charge in [0.15, 0.2) is 11.5 Å². The van der Waals surface area contributed by atoms with Crippen molar-refractivity contribution < 1.29 is 9.21 Å². The third-order valence-corrected chi connectivity index (χ3v) is 7.84. The van der Waals surface area contributed by atoms with Crippen molar-refractivity contribution in [1.29, 1.82) is 0 Å². The Morgan fingerprint density at radius 3 is 2.77 bits per heavy atom. The fraction of sp³-hybridized carbons (Fsp3) is 0.321. The summed E-state index contributed by atoms with van der Waals surface area (Å²) in [5.74, 6) is 1.94. The van der Waals surface area contributed by atoms with Gasteiger partial charge in [0.05, 0.1) is 17.0 Å². The monoisotopic (exact) mass is 484 g/mol. The van der Waals surface area contributed by atoms with Gasteiger partial charge in [-0.25, -0.2) is 9.67 Å². The van der Waals surface area contributed by atoms with Gasteiger partial charge in [-0.2, -0.15) is 5.10 Å². The van der Waals surface area contributed by atoms with Crippen LogP contribution in [0.2, 0.25) is 0 Å². The van der Waals surface area contributed by atoms with Gasteiger partial charge in [0.1, 0.15) is 11.5 Å². The van der Waals surface area contributed by atoms with Crippen LogP contribution in [0.1, 0.15) is 54.4 Å². The Hall–Kier alpha value is -3.45. The molecule has 0 unspecified atom stereocenters. The number of hydrogen-bond donors (Lipinski definition) is 1. The smallest absolute Gasteiger partial charge is 0.162 e. The number of nitrogens with zero attached hydrogens (tertiary/aromatic N) is 3. The van der Waals surface area contributed by atoms with Gasteiger partial charge in [0.25, 0.3) is 0 Å². The lowest BCUT2D eigenvalue weighted by atomic mass is 9.69. The van der Waals surface area contributed by atoms with E-state index in [-0.39, 0.29) is 17.1 Å². The molecule has 4 heterocycles. The second-order valence-corrected chi connectivity index (χ2v) is 11.2. The number of aromatic nitrogens is 3. The number of carbonyl (C=O) groups is 1. The molecule has 0 saturated carbocycles. The number of fused-ring (bicyclic) bond motifs is 1. The van der Waals surface area contributed by atoms with Crippen molar-refractivity contribution in [3.05, 3.63) is 87.2 Å². The molecule has 0 fully saturated rings. The van der Waals surface area contributed by atoms with Crippen LogP contribution in [0.4, 0.5) is 5.82 Å². The lowest BCUT2D eigenvalue weighted by Crippen LogP contribution is -2.34. The zero-order valence-electron chi connectivity index (χ0n) is 20.2. The standard InChI is InChI=1S/C28H28N4O2S/c1-17-24-25(18-8-5-4-6-9-18)26-19(14-28(2,3)15-21(26)33)30-27(24)32(31-17)12-11-23-29-20(16-35-23)22-10-7-13-34-22/h4-10,13,16,25,30H,11-12,14-15H2,1-3H3/t25-/m1/s1. The minimum atomic E-state index is -0.0924. The first-order chi connectivity index (χ1) is 16.9. The van der Waals surface area contributed by atoms with Crippen LogP contribution < -0.4 is 5.32 Å². The molecule has 0 saturated heterocycles. The summed E-state index contributed by atoms with van der Waals surface area (Å²) in [5.41, 5.74) is 5.97. The molecule has 4 aromatic rings. The molecule has 0 radical (unpaired) electrons. The number of nitrogens with one attached hydrogen (secondary N) is 1. The van der Waals surface area contributed by atoms with Crippen molar-refractivity contribution in [2.24, 2.45) is 5.41 Å². The van der Waals surface area contributed by atoms with Crippen molar-refractivity contribution in [3.8, 4) is 11.5 Å². The van der Waals surface area contributed by atoms with E-state index in [2.05, 4.69) is 36.0 Å². The molecule has 2 aliphatic rings. The Bertz CT molecular complexity index is 1430. The van der Waals surface area contributed by atoms with Crippen LogP contribution in [0.25, 0.3) is 11.5 Å². The van der Waals surface area contributed by atoms with Gasteiger partial charge in [0.2, 0.25) is 0 Å². The van der Waals surface area contributed by atoms with E-state index in [1.165, 1.54) is 0 Å². The number of rotatable bonds is 5. The molecule has 0 bridgehead atoms. The molecule has 1 aromatic carbocycles. The van der Waals surface area contributed by atoms with Crippen molar-refractivity contribution >= 4 is 22.9 Å². The van der Waals surface area contributed by atoms with E-state index in [4.69, 9.17) is 14.5 Å². The molecule has 1 N–H and O–H groups in total. The number of aryl methyl sites for hydroxylation is 3. The zero-order chi connectivity index (χ0) is 24.2. The second-order valence-electron chi connectivity index (χ2n) is 10.2. The zero-order valence-corrected chi connectivity index (χ0v) is 21.0. The van der Waals surface area contributed by atoms with Gasteiger partial charge in [-0.3, -0.25) is 4.79 Å². The summed E-state index contributed by atoms with van der Waals surface area (Å²) in [5, 5.41) is 11.7.